The first-order chi connectivity index (χ1) is 8.27. The molecule has 1 unspecified atom stereocenters. The van der Waals surface area contributed by atoms with Gasteiger partial charge in [0.05, 0.1) is 0 Å². The van der Waals surface area contributed by atoms with Gasteiger partial charge in [-0.2, -0.15) is 0 Å². The van der Waals surface area contributed by atoms with Crippen molar-refractivity contribution in [3.05, 3.63) is 54.4 Å². The Hall–Kier alpha value is -2.30. The van der Waals surface area contributed by atoms with Crippen LogP contribution in [0.1, 0.15) is 17.3 Å². The minimum atomic E-state index is -0.931. The molecule has 0 fully saturated rings. The van der Waals surface area contributed by atoms with E-state index in [4.69, 9.17) is 0 Å². The molecule has 0 aliphatic rings. The van der Waals surface area contributed by atoms with Crippen molar-refractivity contribution in [1.29, 1.82) is 0 Å². The molecule has 0 saturated heterocycles. The summed E-state index contributed by atoms with van der Waals surface area (Å²) in [6, 6.07) is 9.42. The van der Waals surface area contributed by atoms with Crippen LogP contribution in [0.4, 0.5) is 0 Å². The predicted octanol–water partition coefficient (Wildman–Crippen LogP) is 1.28. The largest absolute Gasteiger partial charge is 0.481 e. The Labute approximate surface area is 98.2 Å². The van der Waals surface area contributed by atoms with Gasteiger partial charge in [0.1, 0.15) is 24.4 Å². The number of aliphatic carboxylic acids is 1. The molecule has 5 heteroatoms. The van der Waals surface area contributed by atoms with Gasteiger partial charge in [-0.1, -0.05) is 30.3 Å². The first-order valence-corrected chi connectivity index (χ1v) is 5.16. The maximum absolute atomic E-state index is 11.2. The maximum atomic E-state index is 11.2. The topological polar surface area (TPSA) is 76.0 Å². The van der Waals surface area contributed by atoms with Crippen LogP contribution in [-0.2, 0) is 11.2 Å². The monoisotopic (exact) mass is 229 g/mol. The second kappa shape index (κ2) is 5.16. The molecule has 0 bridgehead atoms. The fourth-order valence-corrected chi connectivity index (χ4v) is 1.57. The van der Waals surface area contributed by atoms with Gasteiger partial charge >= 0.3 is 5.97 Å². The lowest BCUT2D eigenvalue weighted by Gasteiger charge is -2.10. The zero-order valence-electron chi connectivity index (χ0n) is 9.02. The van der Waals surface area contributed by atoms with Crippen molar-refractivity contribution in [3.63, 3.8) is 0 Å². The van der Waals surface area contributed by atoms with Crippen molar-refractivity contribution in [3.8, 4) is 0 Å². The number of rotatable bonds is 4. The first-order valence-electron chi connectivity index (χ1n) is 5.16. The van der Waals surface area contributed by atoms with E-state index >= 15 is 0 Å². The first kappa shape index (κ1) is 11.2. The molecular formula is C12H11N3O2. The average Bonchev–Trinajstić information content (AvgIpc) is 2.38. The van der Waals surface area contributed by atoms with Gasteiger partial charge in [-0.15, -0.1) is 0 Å². The zero-order chi connectivity index (χ0) is 12.1. The van der Waals surface area contributed by atoms with Gasteiger partial charge in [0.2, 0.25) is 0 Å². The summed E-state index contributed by atoms with van der Waals surface area (Å²) in [5.41, 5.74) is 0.945. The molecule has 2 rings (SSSR count). The van der Waals surface area contributed by atoms with Gasteiger partial charge in [0.25, 0.3) is 0 Å². The van der Waals surface area contributed by atoms with E-state index in [0.717, 1.165) is 5.56 Å². The van der Waals surface area contributed by atoms with Crippen LogP contribution in [0.3, 0.4) is 0 Å². The second-order valence-corrected chi connectivity index (χ2v) is 3.58. The highest BCUT2D eigenvalue weighted by molar-refractivity contribution is 5.75. The summed E-state index contributed by atoms with van der Waals surface area (Å²) in [4.78, 5) is 22.7. The van der Waals surface area contributed by atoms with E-state index in [-0.39, 0.29) is 5.82 Å². The van der Waals surface area contributed by atoms with Crippen molar-refractivity contribution in [2.75, 3.05) is 0 Å². The van der Waals surface area contributed by atoms with Gasteiger partial charge in [-0.25, -0.2) is 15.0 Å². The molecular weight excluding hydrogens is 218 g/mol. The van der Waals surface area contributed by atoms with Crippen LogP contribution in [0.5, 0.6) is 0 Å². The van der Waals surface area contributed by atoms with Crippen molar-refractivity contribution in [2.45, 2.75) is 12.3 Å². The lowest BCUT2D eigenvalue weighted by Crippen LogP contribution is -2.17. The summed E-state index contributed by atoms with van der Waals surface area (Å²) in [6.07, 6.45) is 2.99. The normalized spacial score (nSPS) is 12.0. The molecule has 1 aromatic heterocycles. The predicted molar refractivity (Wildman–Crippen MR) is 60.3 cm³/mol. The Balaban J connectivity index is 2.23. The summed E-state index contributed by atoms with van der Waals surface area (Å²) in [5.74, 6) is -1.38. The SMILES string of the molecule is O=C(O)C(Cc1ccccc1)c1ncncn1. The number of aromatic nitrogens is 3. The number of benzene rings is 1. The fraction of sp³-hybridized carbons (Fsp3) is 0.167. The molecule has 2 aromatic rings. The lowest BCUT2D eigenvalue weighted by atomic mass is 9.99. The zero-order valence-corrected chi connectivity index (χ0v) is 9.02. The molecule has 1 N–H and O–H groups in total. The molecule has 0 radical (unpaired) electrons. The number of nitrogens with zero attached hydrogens (tertiary/aromatic N) is 3. The molecule has 0 aliphatic heterocycles. The molecule has 0 aliphatic carbocycles. The van der Waals surface area contributed by atoms with Gasteiger partial charge in [-0.3, -0.25) is 4.79 Å². The number of hydrogen-bond donors (Lipinski definition) is 1. The van der Waals surface area contributed by atoms with Crippen molar-refractivity contribution in [2.24, 2.45) is 0 Å². The van der Waals surface area contributed by atoms with Crippen LogP contribution < -0.4 is 0 Å². The molecule has 0 spiro atoms. The molecule has 86 valence electrons. The lowest BCUT2D eigenvalue weighted by molar-refractivity contribution is -0.139. The second-order valence-electron chi connectivity index (χ2n) is 3.58. The van der Waals surface area contributed by atoms with Crippen LogP contribution in [0.2, 0.25) is 0 Å². The van der Waals surface area contributed by atoms with Crippen LogP contribution >= 0.6 is 0 Å². The van der Waals surface area contributed by atoms with Crippen LogP contribution in [0, 0.1) is 0 Å². The van der Waals surface area contributed by atoms with Crippen LogP contribution in [-0.4, -0.2) is 26.0 Å². The Kier molecular flexibility index (Phi) is 3.40. The third-order valence-corrected chi connectivity index (χ3v) is 2.41. The number of carboxylic acid groups (broad SMARTS) is 1. The molecule has 5 nitrogen and oxygen atoms in total. The summed E-state index contributed by atoms with van der Waals surface area (Å²) in [6.45, 7) is 0. The van der Waals surface area contributed by atoms with E-state index in [1.807, 2.05) is 30.3 Å². The summed E-state index contributed by atoms with van der Waals surface area (Å²) in [7, 11) is 0. The molecule has 17 heavy (non-hydrogen) atoms. The van der Waals surface area contributed by atoms with Crippen molar-refractivity contribution >= 4 is 5.97 Å². The van der Waals surface area contributed by atoms with Gasteiger partial charge in [0, 0.05) is 0 Å². The van der Waals surface area contributed by atoms with Gasteiger partial charge in [-0.05, 0) is 12.0 Å². The summed E-state index contributed by atoms with van der Waals surface area (Å²) in [5, 5.41) is 9.19. The van der Waals surface area contributed by atoms with E-state index in [1.54, 1.807) is 0 Å². The highest BCUT2D eigenvalue weighted by Gasteiger charge is 2.22. The standard InChI is InChI=1S/C12H11N3O2/c16-12(17)10(11-14-7-13-8-15-11)6-9-4-2-1-3-5-9/h1-5,7-8,10H,6H2,(H,16,17). The quantitative estimate of drug-likeness (QED) is 0.854. The summed E-state index contributed by atoms with van der Waals surface area (Å²) < 4.78 is 0. The minimum Gasteiger partial charge on any atom is -0.481 e. The van der Waals surface area contributed by atoms with Crippen LogP contribution in [0.25, 0.3) is 0 Å². The van der Waals surface area contributed by atoms with E-state index in [1.165, 1.54) is 12.7 Å². The van der Waals surface area contributed by atoms with Gasteiger partial charge in [0.15, 0.2) is 0 Å². The average molecular weight is 229 g/mol. The molecule has 1 heterocycles. The van der Waals surface area contributed by atoms with Crippen molar-refractivity contribution < 1.29 is 9.90 Å². The maximum Gasteiger partial charge on any atom is 0.314 e. The number of hydrogen-bond acceptors (Lipinski definition) is 4. The minimum absolute atomic E-state index is 0.288. The Morgan fingerprint density at radius 3 is 2.41 bits per heavy atom. The van der Waals surface area contributed by atoms with E-state index < -0.39 is 11.9 Å². The van der Waals surface area contributed by atoms with Crippen molar-refractivity contribution in [1.82, 2.24) is 15.0 Å². The molecule has 0 amide bonds. The summed E-state index contributed by atoms with van der Waals surface area (Å²) >= 11 is 0. The number of carbonyl (C=O) groups is 1. The third-order valence-electron chi connectivity index (χ3n) is 2.41. The Bertz CT molecular complexity index is 488. The number of carboxylic acids is 1. The molecule has 1 aromatic carbocycles. The smallest absolute Gasteiger partial charge is 0.314 e. The van der Waals surface area contributed by atoms with E-state index in [2.05, 4.69) is 15.0 Å². The molecule has 1 atom stereocenters. The highest BCUT2D eigenvalue weighted by atomic mass is 16.4. The van der Waals surface area contributed by atoms with Crippen LogP contribution in [0.15, 0.2) is 43.0 Å². The van der Waals surface area contributed by atoms with E-state index in [9.17, 15) is 9.90 Å². The molecule has 0 saturated carbocycles. The van der Waals surface area contributed by atoms with E-state index in [0.29, 0.717) is 6.42 Å². The van der Waals surface area contributed by atoms with Gasteiger partial charge < -0.3 is 5.11 Å². The third kappa shape index (κ3) is 2.84. The fourth-order valence-electron chi connectivity index (χ4n) is 1.57. The highest BCUT2D eigenvalue weighted by Crippen LogP contribution is 2.17. The Morgan fingerprint density at radius 1 is 1.18 bits per heavy atom. The Morgan fingerprint density at radius 2 is 1.82 bits per heavy atom.